The Kier molecular flexibility index (Phi) is 3.28. The van der Waals surface area contributed by atoms with Crippen LogP contribution in [0.1, 0.15) is 16.7 Å². The number of fused-ring (bicyclic) bond motifs is 2. The van der Waals surface area contributed by atoms with Crippen LogP contribution in [-0.4, -0.2) is 0 Å². The normalized spacial score (nSPS) is 12.9. The Balaban J connectivity index is 1.71. The molecule has 0 saturated carbocycles. The van der Waals surface area contributed by atoms with Gasteiger partial charge in [-0.3, -0.25) is 0 Å². The van der Waals surface area contributed by atoms with Crippen LogP contribution >= 0.6 is 0 Å². The fraction of sp³-hybridized carbons (Fsp3) is 0. The third-order valence-electron chi connectivity index (χ3n) is 4.94. The molecule has 0 aromatic heterocycles. The predicted molar refractivity (Wildman–Crippen MR) is 107 cm³/mol. The van der Waals surface area contributed by atoms with Crippen LogP contribution in [0.2, 0.25) is 0 Å². The monoisotopic (exact) mass is 317 g/mol. The average Bonchev–Trinajstić information content (AvgIpc) is 3.13. The van der Waals surface area contributed by atoms with Crippen molar-refractivity contribution in [2.75, 3.05) is 0 Å². The molecule has 0 heterocycles. The van der Waals surface area contributed by atoms with E-state index < -0.39 is 0 Å². The van der Waals surface area contributed by atoms with Gasteiger partial charge in [0.1, 0.15) is 0 Å². The maximum atomic E-state index is 2.32. The van der Waals surface area contributed by atoms with E-state index in [4.69, 9.17) is 0 Å². The maximum Gasteiger partial charge on any atom is 0.0211 e. The quantitative estimate of drug-likeness (QED) is 0.390. The number of hydrogen-bond donors (Lipinski definition) is 0. The van der Waals surface area contributed by atoms with Crippen molar-refractivity contribution in [2.45, 2.75) is 0 Å². The molecule has 0 fully saturated rings. The summed E-state index contributed by atoms with van der Waals surface area (Å²) < 4.78 is 0. The fourth-order valence-corrected chi connectivity index (χ4v) is 3.73. The van der Waals surface area contributed by atoms with E-state index >= 15 is 0 Å². The highest BCUT2D eigenvalue weighted by molar-refractivity contribution is 6.03. The van der Waals surface area contributed by atoms with Gasteiger partial charge >= 0.3 is 0 Å². The summed E-state index contributed by atoms with van der Waals surface area (Å²) in [6.07, 6.45) is 4.61. The molecule has 4 aromatic rings. The van der Waals surface area contributed by atoms with Crippen molar-refractivity contribution in [3.8, 4) is 11.1 Å². The van der Waals surface area contributed by atoms with Crippen molar-refractivity contribution in [3.05, 3.63) is 114 Å². The lowest BCUT2D eigenvalue weighted by Gasteiger charge is -2.11. The second-order valence-corrected chi connectivity index (χ2v) is 6.45. The van der Waals surface area contributed by atoms with E-state index in [9.17, 15) is 0 Å². The van der Waals surface area contributed by atoms with Crippen molar-refractivity contribution in [1.82, 2.24) is 0 Å². The van der Waals surface area contributed by atoms with Crippen molar-refractivity contribution in [1.29, 1.82) is 0 Å². The summed E-state index contributed by atoms with van der Waals surface area (Å²) in [6.45, 7) is 0. The lowest BCUT2D eigenvalue weighted by molar-refractivity contribution is 1.52. The van der Waals surface area contributed by atoms with Gasteiger partial charge in [0.05, 0.1) is 0 Å². The van der Waals surface area contributed by atoms with E-state index in [-0.39, 0.29) is 0 Å². The zero-order valence-corrected chi connectivity index (χ0v) is 13.8. The molecule has 1 radical (unpaired) electrons. The second kappa shape index (κ2) is 5.75. The molecule has 0 heteroatoms. The van der Waals surface area contributed by atoms with Crippen LogP contribution in [0.15, 0.2) is 91.0 Å². The second-order valence-electron chi connectivity index (χ2n) is 6.45. The molecule has 117 valence electrons. The SMILES string of the molecule is [CH]1C(c2ccccc2)=Cc2c1cccc2-c1cccc2ccccc12. The van der Waals surface area contributed by atoms with Crippen LogP contribution < -0.4 is 0 Å². The highest BCUT2D eigenvalue weighted by Gasteiger charge is 2.18. The number of hydrogen-bond acceptors (Lipinski definition) is 0. The predicted octanol–water partition coefficient (Wildman–Crippen LogP) is 6.61. The van der Waals surface area contributed by atoms with Crippen LogP contribution in [-0.2, 0) is 0 Å². The summed E-state index contributed by atoms with van der Waals surface area (Å²) in [5.74, 6) is 0. The molecule has 0 aliphatic heterocycles. The lowest BCUT2D eigenvalue weighted by atomic mass is 9.93. The first kappa shape index (κ1) is 14.2. The molecule has 1 aliphatic carbocycles. The van der Waals surface area contributed by atoms with E-state index in [2.05, 4.69) is 103 Å². The van der Waals surface area contributed by atoms with Gasteiger partial charge in [0.25, 0.3) is 0 Å². The molecule has 0 saturated heterocycles. The van der Waals surface area contributed by atoms with Crippen LogP contribution in [0.3, 0.4) is 0 Å². The average molecular weight is 317 g/mol. The molecule has 0 unspecified atom stereocenters. The Bertz CT molecular complexity index is 1100. The van der Waals surface area contributed by atoms with Gasteiger partial charge in [0.2, 0.25) is 0 Å². The van der Waals surface area contributed by atoms with E-state index in [1.165, 1.54) is 44.2 Å². The maximum absolute atomic E-state index is 2.32. The summed E-state index contributed by atoms with van der Waals surface area (Å²) in [4.78, 5) is 0. The fourth-order valence-electron chi connectivity index (χ4n) is 3.73. The molecule has 25 heavy (non-hydrogen) atoms. The molecule has 0 nitrogen and oxygen atoms in total. The van der Waals surface area contributed by atoms with E-state index in [1.807, 2.05) is 0 Å². The molecule has 0 spiro atoms. The van der Waals surface area contributed by atoms with Crippen LogP contribution in [0, 0.1) is 6.42 Å². The minimum atomic E-state index is 1.27. The highest BCUT2D eigenvalue weighted by atomic mass is 14.2. The largest absolute Gasteiger partial charge is 0.0622 e. The molecule has 0 bridgehead atoms. The van der Waals surface area contributed by atoms with Crippen molar-refractivity contribution in [3.63, 3.8) is 0 Å². The zero-order chi connectivity index (χ0) is 16.6. The standard InChI is InChI=1S/C25H17/c1-2-8-18(9-3-1)21-16-20-12-7-15-24(25(20)17-21)23-14-6-11-19-10-4-5-13-22(19)23/h1-17H. The molecule has 4 aromatic carbocycles. The summed E-state index contributed by atoms with van der Waals surface area (Å²) >= 11 is 0. The van der Waals surface area contributed by atoms with Gasteiger partial charge in [-0.2, -0.15) is 0 Å². The topological polar surface area (TPSA) is 0 Å². The Hall–Kier alpha value is -3.12. The Morgan fingerprint density at radius 2 is 1.24 bits per heavy atom. The van der Waals surface area contributed by atoms with Gasteiger partial charge in [-0.25, -0.2) is 0 Å². The first-order valence-electron chi connectivity index (χ1n) is 8.63. The first-order chi connectivity index (χ1) is 12.4. The zero-order valence-electron chi connectivity index (χ0n) is 13.8. The van der Waals surface area contributed by atoms with Gasteiger partial charge in [-0.15, -0.1) is 0 Å². The molecular weight excluding hydrogens is 300 g/mol. The first-order valence-corrected chi connectivity index (χ1v) is 8.63. The molecule has 0 N–H and O–H groups in total. The molecule has 5 rings (SSSR count). The highest BCUT2D eigenvalue weighted by Crippen LogP contribution is 2.40. The Morgan fingerprint density at radius 3 is 2.16 bits per heavy atom. The van der Waals surface area contributed by atoms with Crippen molar-refractivity contribution >= 4 is 22.4 Å². The smallest absolute Gasteiger partial charge is 0.0211 e. The third kappa shape index (κ3) is 2.38. The Labute approximate surface area is 148 Å². The van der Waals surface area contributed by atoms with Gasteiger partial charge in [0, 0.05) is 6.42 Å². The third-order valence-corrected chi connectivity index (χ3v) is 4.94. The summed E-state index contributed by atoms with van der Waals surface area (Å²) in [7, 11) is 0. The lowest BCUT2D eigenvalue weighted by Crippen LogP contribution is -1.87. The van der Waals surface area contributed by atoms with Gasteiger partial charge < -0.3 is 0 Å². The molecular formula is C25H17. The number of benzene rings is 4. The van der Waals surface area contributed by atoms with E-state index in [0.29, 0.717) is 0 Å². The van der Waals surface area contributed by atoms with Gasteiger partial charge in [-0.05, 0) is 50.2 Å². The van der Waals surface area contributed by atoms with Crippen molar-refractivity contribution in [2.24, 2.45) is 0 Å². The molecule has 1 aliphatic rings. The van der Waals surface area contributed by atoms with E-state index in [0.717, 1.165) is 0 Å². The minimum Gasteiger partial charge on any atom is -0.0622 e. The number of allylic oxidation sites excluding steroid dienone is 1. The minimum absolute atomic E-state index is 1.27. The Morgan fingerprint density at radius 1 is 0.520 bits per heavy atom. The molecule has 0 amide bonds. The van der Waals surface area contributed by atoms with Gasteiger partial charge in [-0.1, -0.05) is 91.0 Å². The number of rotatable bonds is 2. The van der Waals surface area contributed by atoms with Crippen LogP contribution in [0.25, 0.3) is 33.5 Å². The van der Waals surface area contributed by atoms with E-state index in [1.54, 1.807) is 0 Å². The molecule has 0 atom stereocenters. The summed E-state index contributed by atoms with van der Waals surface area (Å²) in [5.41, 5.74) is 7.76. The van der Waals surface area contributed by atoms with Gasteiger partial charge in [0.15, 0.2) is 0 Å². The summed E-state index contributed by atoms with van der Waals surface area (Å²) in [5, 5.41) is 2.59. The van der Waals surface area contributed by atoms with Crippen molar-refractivity contribution < 1.29 is 0 Å². The summed E-state index contributed by atoms with van der Waals surface area (Å²) in [6, 6.07) is 32.4. The van der Waals surface area contributed by atoms with Crippen LogP contribution in [0.4, 0.5) is 0 Å². The van der Waals surface area contributed by atoms with Crippen LogP contribution in [0.5, 0.6) is 0 Å².